The van der Waals surface area contributed by atoms with E-state index in [4.69, 9.17) is 4.84 Å². The molecule has 82 valence electrons. The third-order valence-electron chi connectivity index (χ3n) is 2.27. The Morgan fingerprint density at radius 1 is 1.50 bits per heavy atom. The molecule has 0 amide bonds. The highest BCUT2D eigenvalue weighted by Gasteiger charge is 2.21. The Morgan fingerprint density at radius 2 is 2.25 bits per heavy atom. The van der Waals surface area contributed by atoms with Gasteiger partial charge in [-0.05, 0) is 29.9 Å². The molecular formula is C11H9BrN2OS. The number of isothiocyanates is 1. The first kappa shape index (κ1) is 11.5. The van der Waals surface area contributed by atoms with Gasteiger partial charge in [0.05, 0.1) is 17.4 Å². The van der Waals surface area contributed by atoms with Gasteiger partial charge in [-0.1, -0.05) is 33.2 Å². The lowest BCUT2D eigenvalue weighted by Crippen LogP contribution is -2.11. The standard InChI is InChI=1S/C11H9BrN2OS/c12-9-3-1-8(2-4-9)11-5-10(15-14-11)6-13-7-16/h1-4,10H,5-6H2. The minimum absolute atomic E-state index is 0.00547. The molecule has 0 saturated heterocycles. The third-order valence-corrected chi connectivity index (χ3v) is 2.93. The highest BCUT2D eigenvalue weighted by Crippen LogP contribution is 2.18. The number of hydrogen-bond donors (Lipinski definition) is 0. The maximum absolute atomic E-state index is 5.25. The normalized spacial score (nSPS) is 18.6. The summed E-state index contributed by atoms with van der Waals surface area (Å²) < 4.78 is 1.05. The smallest absolute Gasteiger partial charge is 0.153 e. The molecule has 0 bridgehead atoms. The molecule has 1 aliphatic rings. The van der Waals surface area contributed by atoms with Gasteiger partial charge < -0.3 is 4.84 Å². The quantitative estimate of drug-likeness (QED) is 0.635. The average molecular weight is 297 g/mol. The van der Waals surface area contributed by atoms with Gasteiger partial charge in [0.15, 0.2) is 6.10 Å². The number of rotatable bonds is 3. The van der Waals surface area contributed by atoms with Crippen LogP contribution in [0.2, 0.25) is 0 Å². The van der Waals surface area contributed by atoms with Crippen LogP contribution in [0.4, 0.5) is 0 Å². The molecule has 0 spiro atoms. The molecule has 1 aromatic carbocycles. The first-order chi connectivity index (χ1) is 7.79. The molecule has 1 atom stereocenters. The number of halogens is 1. The Hall–Kier alpha value is -1.03. The molecule has 0 radical (unpaired) electrons. The molecule has 16 heavy (non-hydrogen) atoms. The van der Waals surface area contributed by atoms with Crippen molar-refractivity contribution in [3.05, 3.63) is 34.3 Å². The van der Waals surface area contributed by atoms with Crippen molar-refractivity contribution in [1.82, 2.24) is 0 Å². The molecule has 1 heterocycles. The van der Waals surface area contributed by atoms with Crippen molar-refractivity contribution < 1.29 is 4.84 Å². The molecule has 1 aliphatic heterocycles. The van der Waals surface area contributed by atoms with Gasteiger partial charge in [0.1, 0.15) is 0 Å². The lowest BCUT2D eigenvalue weighted by Gasteiger charge is -2.02. The maximum atomic E-state index is 5.25. The summed E-state index contributed by atoms with van der Waals surface area (Å²) in [6.07, 6.45) is 0.761. The lowest BCUT2D eigenvalue weighted by molar-refractivity contribution is 0.0924. The summed E-state index contributed by atoms with van der Waals surface area (Å²) >= 11 is 7.90. The summed E-state index contributed by atoms with van der Waals surface area (Å²) in [5.74, 6) is 0. The van der Waals surface area contributed by atoms with Crippen LogP contribution in [0, 0.1) is 0 Å². The van der Waals surface area contributed by atoms with Gasteiger partial charge in [0.2, 0.25) is 0 Å². The van der Waals surface area contributed by atoms with E-state index in [1.54, 1.807) is 0 Å². The Bertz CT molecular complexity index is 452. The zero-order valence-electron chi connectivity index (χ0n) is 8.39. The van der Waals surface area contributed by atoms with E-state index < -0.39 is 0 Å². The zero-order chi connectivity index (χ0) is 11.4. The van der Waals surface area contributed by atoms with Crippen LogP contribution in [0.5, 0.6) is 0 Å². The van der Waals surface area contributed by atoms with Crippen LogP contribution in [0.3, 0.4) is 0 Å². The molecule has 0 aromatic heterocycles. The van der Waals surface area contributed by atoms with Crippen molar-refractivity contribution in [1.29, 1.82) is 0 Å². The number of benzene rings is 1. The fourth-order valence-electron chi connectivity index (χ4n) is 1.48. The summed E-state index contributed by atoms with van der Waals surface area (Å²) in [6, 6.07) is 8.00. The van der Waals surface area contributed by atoms with Gasteiger partial charge in [-0.3, -0.25) is 0 Å². The van der Waals surface area contributed by atoms with E-state index in [0.29, 0.717) is 6.54 Å². The fourth-order valence-corrected chi connectivity index (χ4v) is 1.82. The SMILES string of the molecule is S=C=NCC1CC(c2ccc(Br)cc2)=NO1. The first-order valence-electron chi connectivity index (χ1n) is 4.82. The summed E-state index contributed by atoms with van der Waals surface area (Å²) in [7, 11) is 0. The first-order valence-corrected chi connectivity index (χ1v) is 6.02. The van der Waals surface area contributed by atoms with E-state index in [9.17, 15) is 0 Å². The monoisotopic (exact) mass is 296 g/mol. The minimum Gasteiger partial charge on any atom is -0.390 e. The number of oxime groups is 1. The third kappa shape index (κ3) is 2.76. The van der Waals surface area contributed by atoms with E-state index in [0.717, 1.165) is 22.2 Å². The van der Waals surface area contributed by atoms with Crippen LogP contribution in [0.1, 0.15) is 12.0 Å². The number of thiocarbonyl (C=S) groups is 1. The highest BCUT2D eigenvalue weighted by atomic mass is 79.9. The summed E-state index contributed by atoms with van der Waals surface area (Å²) in [5, 5.41) is 6.38. The van der Waals surface area contributed by atoms with Gasteiger partial charge in [0.25, 0.3) is 0 Å². The highest BCUT2D eigenvalue weighted by molar-refractivity contribution is 9.10. The Morgan fingerprint density at radius 3 is 2.94 bits per heavy atom. The van der Waals surface area contributed by atoms with Crippen LogP contribution in [-0.4, -0.2) is 23.5 Å². The van der Waals surface area contributed by atoms with Gasteiger partial charge in [-0.15, -0.1) is 0 Å². The molecule has 0 fully saturated rings. The Kier molecular flexibility index (Phi) is 3.83. The second-order valence-electron chi connectivity index (χ2n) is 3.41. The lowest BCUT2D eigenvalue weighted by atomic mass is 10.1. The summed E-state index contributed by atoms with van der Waals surface area (Å²) in [5.41, 5.74) is 2.04. The molecule has 1 unspecified atom stereocenters. The van der Waals surface area contributed by atoms with Crippen LogP contribution < -0.4 is 0 Å². The summed E-state index contributed by atoms with van der Waals surface area (Å²) in [6.45, 7) is 0.521. The van der Waals surface area contributed by atoms with Crippen molar-refractivity contribution in [3.63, 3.8) is 0 Å². The predicted octanol–water partition coefficient (Wildman–Crippen LogP) is 3.04. The second-order valence-corrected chi connectivity index (χ2v) is 4.51. The molecule has 5 heteroatoms. The van der Waals surface area contributed by atoms with E-state index >= 15 is 0 Å². The van der Waals surface area contributed by atoms with Crippen molar-refractivity contribution in [2.24, 2.45) is 10.1 Å². The molecule has 0 aliphatic carbocycles. The van der Waals surface area contributed by atoms with E-state index in [2.05, 4.69) is 43.5 Å². The summed E-state index contributed by atoms with van der Waals surface area (Å²) in [4.78, 5) is 9.10. The van der Waals surface area contributed by atoms with Crippen LogP contribution in [-0.2, 0) is 4.84 Å². The maximum Gasteiger partial charge on any atom is 0.153 e. The Balaban J connectivity index is 2.02. The van der Waals surface area contributed by atoms with Gasteiger partial charge in [-0.25, -0.2) is 4.99 Å². The van der Waals surface area contributed by atoms with Crippen LogP contribution >= 0.6 is 28.1 Å². The van der Waals surface area contributed by atoms with Crippen LogP contribution in [0.25, 0.3) is 0 Å². The van der Waals surface area contributed by atoms with Crippen molar-refractivity contribution in [3.8, 4) is 0 Å². The zero-order valence-corrected chi connectivity index (χ0v) is 10.8. The Labute approximate surface area is 107 Å². The van der Waals surface area contributed by atoms with E-state index in [-0.39, 0.29) is 6.10 Å². The van der Waals surface area contributed by atoms with E-state index in [1.165, 1.54) is 0 Å². The molecule has 1 aromatic rings. The molecule has 0 saturated carbocycles. The molecule has 3 nitrogen and oxygen atoms in total. The van der Waals surface area contributed by atoms with Gasteiger partial charge in [0, 0.05) is 10.9 Å². The fraction of sp³-hybridized carbons (Fsp3) is 0.273. The molecule has 2 rings (SSSR count). The van der Waals surface area contributed by atoms with Crippen molar-refractivity contribution in [2.75, 3.05) is 6.54 Å². The second kappa shape index (κ2) is 5.34. The number of hydrogen-bond acceptors (Lipinski definition) is 4. The van der Waals surface area contributed by atoms with Crippen molar-refractivity contribution in [2.45, 2.75) is 12.5 Å². The number of nitrogens with zero attached hydrogens (tertiary/aromatic N) is 2. The largest absolute Gasteiger partial charge is 0.390 e. The van der Waals surface area contributed by atoms with Crippen molar-refractivity contribution >= 4 is 39.0 Å². The number of aliphatic imine (C=N–C) groups is 1. The molecule has 0 N–H and O–H groups in total. The predicted molar refractivity (Wildman–Crippen MR) is 70.1 cm³/mol. The van der Waals surface area contributed by atoms with E-state index in [1.807, 2.05) is 24.3 Å². The minimum atomic E-state index is -0.00547. The van der Waals surface area contributed by atoms with Gasteiger partial charge >= 0.3 is 0 Å². The molecular weight excluding hydrogens is 288 g/mol. The average Bonchev–Trinajstić information content (AvgIpc) is 2.76. The topological polar surface area (TPSA) is 34.0 Å². The van der Waals surface area contributed by atoms with Gasteiger partial charge in [-0.2, -0.15) is 0 Å². The van der Waals surface area contributed by atoms with Crippen LogP contribution in [0.15, 0.2) is 38.9 Å².